The van der Waals surface area contributed by atoms with Crippen LogP contribution < -0.4 is 9.47 Å². The van der Waals surface area contributed by atoms with E-state index in [1.165, 1.54) is 18.1 Å². The first-order valence-corrected chi connectivity index (χ1v) is 10.2. The van der Waals surface area contributed by atoms with Crippen LogP contribution in [0.5, 0.6) is 11.5 Å². The predicted octanol–water partition coefficient (Wildman–Crippen LogP) is 2.98. The number of rotatable bonds is 2. The number of nitrogens with zero attached hydrogens (tertiary/aromatic N) is 1. The van der Waals surface area contributed by atoms with Crippen molar-refractivity contribution >= 4 is 21.9 Å². The summed E-state index contributed by atoms with van der Waals surface area (Å²) in [6.45, 7) is 4.52. The summed E-state index contributed by atoms with van der Waals surface area (Å²) in [4.78, 5) is 14.3. The Morgan fingerprint density at radius 2 is 2.19 bits per heavy atom. The second-order valence-electron chi connectivity index (χ2n) is 8.35. The molecule has 2 heterocycles. The third-order valence-electron chi connectivity index (χ3n) is 7.29. The van der Waals surface area contributed by atoms with E-state index in [0.29, 0.717) is 6.04 Å². The minimum atomic E-state index is -0.706. The Bertz CT molecular complexity index is 885. The molecule has 5 rings (SSSR count). The second-order valence-corrected chi connectivity index (χ2v) is 9.67. The van der Waals surface area contributed by atoms with Gasteiger partial charge in [0.25, 0.3) is 0 Å². The fraction of sp³-hybridized carbons (Fsp3) is 0.571. The number of likely N-dealkylation sites (tertiary alicyclic amines) is 1. The highest BCUT2D eigenvalue weighted by atomic mass is 79.9. The molecule has 0 saturated carbocycles. The van der Waals surface area contributed by atoms with Crippen LogP contribution in [0.15, 0.2) is 24.3 Å². The fourth-order valence-corrected chi connectivity index (χ4v) is 7.56. The smallest absolute Gasteiger partial charge is 0.303 e. The van der Waals surface area contributed by atoms with Crippen LogP contribution in [0.1, 0.15) is 31.4 Å². The average molecular weight is 434 g/mol. The number of esters is 1. The quantitative estimate of drug-likeness (QED) is 0.407. The maximum atomic E-state index is 11.8. The highest BCUT2D eigenvalue weighted by Crippen LogP contribution is 2.70. The van der Waals surface area contributed by atoms with Crippen molar-refractivity contribution in [3.8, 4) is 11.5 Å². The highest BCUT2D eigenvalue weighted by Gasteiger charge is 2.76. The van der Waals surface area contributed by atoms with E-state index in [-0.39, 0.29) is 15.7 Å². The normalized spacial score (nSPS) is 40.9. The average Bonchev–Trinajstić information content (AvgIpc) is 2.89. The van der Waals surface area contributed by atoms with Gasteiger partial charge in [0.15, 0.2) is 23.2 Å². The summed E-state index contributed by atoms with van der Waals surface area (Å²) >= 11 is 4.18. The van der Waals surface area contributed by atoms with Crippen molar-refractivity contribution in [3.63, 3.8) is 0 Å². The summed E-state index contributed by atoms with van der Waals surface area (Å²) in [6, 6.07) is 4.47. The van der Waals surface area contributed by atoms with Crippen LogP contribution in [-0.4, -0.2) is 53.6 Å². The number of hydrogen-bond acceptors (Lipinski definition) is 5. The van der Waals surface area contributed by atoms with Gasteiger partial charge >= 0.3 is 5.97 Å². The van der Waals surface area contributed by atoms with Gasteiger partial charge in [0.2, 0.25) is 0 Å². The minimum absolute atomic E-state index is 0.289. The highest BCUT2D eigenvalue weighted by molar-refractivity contribution is 9.10. The lowest BCUT2D eigenvalue weighted by Crippen LogP contribution is -2.76. The number of hydrogen-bond donors (Lipinski definition) is 0. The Morgan fingerprint density at radius 3 is 2.89 bits per heavy atom. The van der Waals surface area contributed by atoms with Crippen LogP contribution in [0.2, 0.25) is 0 Å². The first-order chi connectivity index (χ1) is 12.8. The number of alkyl halides is 1. The summed E-state index contributed by atoms with van der Waals surface area (Å²) in [5.41, 5.74) is 1.50. The number of piperidine rings is 1. The van der Waals surface area contributed by atoms with Gasteiger partial charge < -0.3 is 19.1 Å². The molecule has 27 heavy (non-hydrogen) atoms. The molecule has 6 heteroatoms. The van der Waals surface area contributed by atoms with E-state index in [2.05, 4.69) is 46.9 Å². The summed E-state index contributed by atoms with van der Waals surface area (Å²) < 4.78 is 17.8. The molecule has 0 unspecified atom stereocenters. The van der Waals surface area contributed by atoms with Crippen molar-refractivity contribution < 1.29 is 19.0 Å². The fourth-order valence-electron chi connectivity index (χ4n) is 6.10. The van der Waals surface area contributed by atoms with E-state index in [1.807, 2.05) is 12.1 Å². The van der Waals surface area contributed by atoms with Gasteiger partial charge in [-0.15, -0.1) is 0 Å². The van der Waals surface area contributed by atoms with E-state index in [9.17, 15) is 4.79 Å². The van der Waals surface area contributed by atoms with Crippen LogP contribution in [-0.2, 0) is 21.4 Å². The number of methoxy groups -OCH3 is 1. The van der Waals surface area contributed by atoms with Crippen LogP contribution in [0.3, 0.4) is 0 Å². The molecule has 1 saturated heterocycles. The molecule has 1 aromatic carbocycles. The molecule has 144 valence electrons. The number of ether oxygens (including phenoxy) is 3. The van der Waals surface area contributed by atoms with E-state index in [1.54, 1.807) is 7.11 Å². The number of likely N-dealkylation sites (N-methyl/N-ethyl adjacent to an activating group) is 1. The maximum Gasteiger partial charge on any atom is 0.303 e. The van der Waals surface area contributed by atoms with Gasteiger partial charge in [0.05, 0.1) is 16.8 Å². The van der Waals surface area contributed by atoms with Crippen molar-refractivity contribution in [2.24, 2.45) is 0 Å². The third kappa shape index (κ3) is 1.82. The van der Waals surface area contributed by atoms with E-state index in [0.717, 1.165) is 30.9 Å². The lowest BCUT2D eigenvalue weighted by Gasteiger charge is -2.64. The molecular formula is C21H24BrNO4. The second kappa shape index (κ2) is 5.29. The Hall–Kier alpha value is -1.53. The molecule has 1 fully saturated rings. The monoisotopic (exact) mass is 433 g/mol. The van der Waals surface area contributed by atoms with Gasteiger partial charge in [0, 0.05) is 18.5 Å². The Morgan fingerprint density at radius 1 is 1.41 bits per heavy atom. The molecule has 4 aliphatic rings. The van der Waals surface area contributed by atoms with Gasteiger partial charge in [-0.3, -0.25) is 4.79 Å². The van der Waals surface area contributed by atoms with Gasteiger partial charge in [-0.1, -0.05) is 28.1 Å². The summed E-state index contributed by atoms with van der Waals surface area (Å²) in [6.07, 6.45) is 5.62. The first kappa shape index (κ1) is 17.6. The minimum Gasteiger partial charge on any atom is -0.493 e. The molecule has 0 amide bonds. The third-order valence-corrected chi connectivity index (χ3v) is 8.76. The molecule has 0 radical (unpaired) electrons. The van der Waals surface area contributed by atoms with Crippen molar-refractivity contribution in [2.45, 2.75) is 54.2 Å². The van der Waals surface area contributed by atoms with Crippen LogP contribution >= 0.6 is 15.9 Å². The van der Waals surface area contributed by atoms with Crippen LogP contribution in [0, 0.1) is 0 Å². The summed E-state index contributed by atoms with van der Waals surface area (Å²) in [7, 11) is 3.86. The Labute approximate surface area is 167 Å². The molecule has 5 nitrogen and oxygen atoms in total. The largest absolute Gasteiger partial charge is 0.493 e. The van der Waals surface area contributed by atoms with Crippen molar-refractivity contribution in [3.05, 3.63) is 35.4 Å². The van der Waals surface area contributed by atoms with E-state index in [4.69, 9.17) is 14.2 Å². The Balaban J connectivity index is 1.84. The molecule has 2 aliphatic carbocycles. The van der Waals surface area contributed by atoms with Gasteiger partial charge in [-0.2, -0.15) is 0 Å². The van der Waals surface area contributed by atoms with Crippen molar-refractivity contribution in [2.75, 3.05) is 20.7 Å². The lowest BCUT2D eigenvalue weighted by molar-refractivity contribution is -0.163. The van der Waals surface area contributed by atoms with E-state index >= 15 is 0 Å². The number of benzene rings is 1. The lowest BCUT2D eigenvalue weighted by atomic mass is 9.49. The van der Waals surface area contributed by atoms with Crippen molar-refractivity contribution in [1.29, 1.82) is 0 Å². The predicted molar refractivity (Wildman–Crippen MR) is 105 cm³/mol. The summed E-state index contributed by atoms with van der Waals surface area (Å²) in [5.74, 6) is 1.26. The molecule has 0 aromatic heterocycles. The van der Waals surface area contributed by atoms with Gasteiger partial charge in [0.1, 0.15) is 0 Å². The topological polar surface area (TPSA) is 48.0 Å². The molecule has 1 aromatic rings. The first-order valence-electron chi connectivity index (χ1n) is 9.43. The Kier molecular flexibility index (Phi) is 3.44. The van der Waals surface area contributed by atoms with Crippen LogP contribution in [0.25, 0.3) is 0 Å². The van der Waals surface area contributed by atoms with E-state index < -0.39 is 11.7 Å². The number of carbonyl (C=O) groups is 1. The summed E-state index contributed by atoms with van der Waals surface area (Å²) in [5, 5.41) is 0. The molecular weight excluding hydrogens is 410 g/mol. The SMILES string of the molecule is COc1ccc2c3c1O[C@]1(C)[C@@H](OC(C)=O)C=C[C@@]4(Br)[C@@H](C2)N(C)CC[C@@]341. The number of carbonyl (C=O) groups excluding carboxylic acids is 1. The molecule has 0 N–H and O–H groups in total. The molecule has 2 aliphatic heterocycles. The van der Waals surface area contributed by atoms with Gasteiger partial charge in [-0.25, -0.2) is 0 Å². The van der Waals surface area contributed by atoms with Gasteiger partial charge in [-0.05, 0) is 51.1 Å². The molecule has 5 atom stereocenters. The maximum absolute atomic E-state index is 11.8. The standard InChI is InChI=1S/C21H24BrNO4/c1-12(24)26-16-7-8-21(22)15-11-13-5-6-14(25-4)18-17(13)20(21,9-10-23(15)3)19(16,2)27-18/h5-8,15-16H,9-11H2,1-4H3/t15-,16+,19-,20+,21-/m1/s1. The zero-order valence-corrected chi connectivity index (χ0v) is 17.6. The number of halogens is 1. The zero-order chi connectivity index (χ0) is 19.2. The molecule has 1 spiro atoms. The molecule has 2 bridgehead atoms. The van der Waals surface area contributed by atoms with Crippen LogP contribution in [0.4, 0.5) is 0 Å². The van der Waals surface area contributed by atoms with Crippen molar-refractivity contribution in [1.82, 2.24) is 4.90 Å². The zero-order valence-electron chi connectivity index (χ0n) is 16.0.